The van der Waals surface area contributed by atoms with Gasteiger partial charge in [0.15, 0.2) is 5.16 Å². The molecule has 1 saturated heterocycles. The molecular weight excluding hydrogens is 516 g/mol. The van der Waals surface area contributed by atoms with E-state index in [1.807, 2.05) is 6.07 Å². The molecule has 0 unspecified atom stereocenters. The minimum absolute atomic E-state index is 0.0945. The summed E-state index contributed by atoms with van der Waals surface area (Å²) in [5, 5.41) is 3.71. The number of ether oxygens (including phenoxy) is 1. The Morgan fingerprint density at radius 3 is 2.74 bits per heavy atom. The highest BCUT2D eigenvalue weighted by atomic mass is 32.2. The van der Waals surface area contributed by atoms with Crippen molar-refractivity contribution in [2.24, 2.45) is 0 Å². The van der Waals surface area contributed by atoms with E-state index in [0.29, 0.717) is 5.16 Å². The van der Waals surface area contributed by atoms with Crippen LogP contribution in [0.4, 0.5) is 5.82 Å². The number of methoxy groups -OCH3 is 1. The highest BCUT2D eigenvalue weighted by molar-refractivity contribution is 7.99. The van der Waals surface area contributed by atoms with Crippen molar-refractivity contribution in [3.63, 3.8) is 0 Å². The summed E-state index contributed by atoms with van der Waals surface area (Å²) in [6.07, 6.45) is 5.37. The Kier molecular flexibility index (Phi) is 7.20. The second kappa shape index (κ2) is 10.7. The number of thioether (sulfide) groups is 1. The van der Waals surface area contributed by atoms with Gasteiger partial charge in [0.2, 0.25) is 0 Å². The van der Waals surface area contributed by atoms with Crippen LogP contribution in [-0.4, -0.2) is 65.1 Å². The molecule has 10 heteroatoms. The number of thiophene rings is 1. The summed E-state index contributed by atoms with van der Waals surface area (Å²) in [7, 11) is 1.70. The third kappa shape index (κ3) is 4.85. The first-order chi connectivity index (χ1) is 18.5. The molecule has 3 aromatic heterocycles. The summed E-state index contributed by atoms with van der Waals surface area (Å²) >= 11 is 3.27. The maximum atomic E-state index is 13.0. The van der Waals surface area contributed by atoms with Gasteiger partial charge in [0.25, 0.3) is 5.56 Å². The van der Waals surface area contributed by atoms with Crippen LogP contribution in [0, 0.1) is 6.92 Å². The number of nitrogens with zero attached hydrogens (tertiary/aromatic N) is 5. The van der Waals surface area contributed by atoms with Crippen molar-refractivity contribution in [1.82, 2.24) is 19.5 Å². The molecule has 2 N–H and O–H groups in total. The molecule has 0 bridgehead atoms. The third-order valence-corrected chi connectivity index (χ3v) is 9.88. The van der Waals surface area contributed by atoms with E-state index < -0.39 is 0 Å². The lowest BCUT2D eigenvalue weighted by Gasteiger charge is -2.36. The summed E-state index contributed by atoms with van der Waals surface area (Å²) in [6, 6.07) is 8.34. The van der Waals surface area contributed by atoms with Gasteiger partial charge in [0.1, 0.15) is 16.4 Å². The van der Waals surface area contributed by atoms with E-state index in [4.69, 9.17) is 20.5 Å². The lowest BCUT2D eigenvalue weighted by molar-refractivity contribution is 0.259. The van der Waals surface area contributed by atoms with E-state index in [1.54, 1.807) is 30.2 Å². The molecule has 0 saturated carbocycles. The van der Waals surface area contributed by atoms with Crippen molar-refractivity contribution in [3.8, 4) is 5.75 Å². The summed E-state index contributed by atoms with van der Waals surface area (Å²) in [6.45, 7) is 6.96. The number of piperazine rings is 1. The topological polar surface area (TPSA) is 89.5 Å². The quantitative estimate of drug-likeness (QED) is 0.158. The number of anilines is 1. The van der Waals surface area contributed by atoms with Gasteiger partial charge in [-0.2, -0.15) is 0 Å². The van der Waals surface area contributed by atoms with Gasteiger partial charge in [0, 0.05) is 47.9 Å². The summed E-state index contributed by atoms with van der Waals surface area (Å²) in [5.74, 6) is 8.98. The zero-order valence-electron chi connectivity index (χ0n) is 22.0. The van der Waals surface area contributed by atoms with Gasteiger partial charge in [-0.25, -0.2) is 14.6 Å². The fourth-order valence-corrected chi connectivity index (χ4v) is 7.79. The van der Waals surface area contributed by atoms with Gasteiger partial charge in [-0.1, -0.05) is 17.8 Å². The number of nitrogens with two attached hydrogens (primary N) is 1. The van der Waals surface area contributed by atoms with Crippen LogP contribution in [0.1, 0.15) is 35.4 Å². The first-order valence-corrected chi connectivity index (χ1v) is 15.2. The molecule has 1 fully saturated rings. The summed E-state index contributed by atoms with van der Waals surface area (Å²) < 4.78 is 6.73. The molecule has 4 aromatic rings. The number of fused-ring (bicyclic) bond motifs is 4. The lowest BCUT2D eigenvalue weighted by Crippen LogP contribution is -2.47. The van der Waals surface area contributed by atoms with Crippen LogP contribution in [0.15, 0.2) is 34.2 Å². The molecule has 0 amide bonds. The van der Waals surface area contributed by atoms with Gasteiger partial charge in [-0.05, 0) is 74.7 Å². The molecule has 0 spiro atoms. The highest BCUT2D eigenvalue weighted by Gasteiger charge is 2.23. The molecule has 1 aliphatic heterocycles. The van der Waals surface area contributed by atoms with Gasteiger partial charge in [-0.15, -0.1) is 11.3 Å². The standard InChI is InChI=1S/C28H34N6O2S2/c1-18-16-19-8-9-20(36-2)17-22(19)25(30-18)33-13-11-32(12-14-33)10-5-15-37-28-31-26-24(27(35)34(28)29)21-6-3-4-7-23(21)38-26/h8-9,16-17H,3-7,10-15,29H2,1-2H3. The molecule has 8 nitrogen and oxygen atoms in total. The number of rotatable bonds is 7. The van der Waals surface area contributed by atoms with Gasteiger partial charge >= 0.3 is 0 Å². The zero-order valence-corrected chi connectivity index (χ0v) is 23.7. The van der Waals surface area contributed by atoms with Crippen LogP contribution >= 0.6 is 23.1 Å². The van der Waals surface area contributed by atoms with E-state index in [2.05, 4.69) is 34.9 Å². The van der Waals surface area contributed by atoms with Crippen molar-refractivity contribution in [2.75, 3.05) is 56.3 Å². The molecule has 1 aromatic carbocycles. The summed E-state index contributed by atoms with van der Waals surface area (Å²) in [4.78, 5) is 29.8. The fourth-order valence-electron chi connectivity index (χ4n) is 5.64. The Morgan fingerprint density at radius 2 is 1.92 bits per heavy atom. The number of benzene rings is 1. The minimum atomic E-state index is -0.0945. The number of aromatic nitrogens is 3. The van der Waals surface area contributed by atoms with Crippen LogP contribution in [0.3, 0.4) is 0 Å². The van der Waals surface area contributed by atoms with E-state index in [-0.39, 0.29) is 5.56 Å². The molecule has 200 valence electrons. The minimum Gasteiger partial charge on any atom is -0.497 e. The smallest absolute Gasteiger partial charge is 0.281 e. The highest BCUT2D eigenvalue weighted by Crippen LogP contribution is 2.34. The third-order valence-electron chi connectivity index (χ3n) is 7.66. The second-order valence-electron chi connectivity index (χ2n) is 10.2. The fraction of sp³-hybridized carbons (Fsp3) is 0.464. The Hall–Kier alpha value is -2.82. The first-order valence-electron chi connectivity index (χ1n) is 13.4. The zero-order chi connectivity index (χ0) is 26.2. The summed E-state index contributed by atoms with van der Waals surface area (Å²) in [5.41, 5.74) is 2.13. The number of pyridine rings is 1. The van der Waals surface area contributed by atoms with Crippen molar-refractivity contribution in [1.29, 1.82) is 0 Å². The Balaban J connectivity index is 1.06. The van der Waals surface area contributed by atoms with Crippen molar-refractivity contribution in [3.05, 3.63) is 50.8 Å². The monoisotopic (exact) mass is 550 g/mol. The van der Waals surface area contributed by atoms with Crippen LogP contribution < -0.4 is 21.0 Å². The molecule has 38 heavy (non-hydrogen) atoms. The molecule has 0 atom stereocenters. The van der Waals surface area contributed by atoms with Gasteiger partial charge in [-0.3, -0.25) is 9.69 Å². The Labute approximate surface area is 230 Å². The molecule has 2 aliphatic rings. The van der Waals surface area contributed by atoms with Crippen LogP contribution in [0.5, 0.6) is 5.75 Å². The van der Waals surface area contributed by atoms with Gasteiger partial charge < -0.3 is 15.5 Å². The molecule has 6 rings (SSSR count). The van der Waals surface area contributed by atoms with E-state index >= 15 is 0 Å². The van der Waals surface area contributed by atoms with Crippen molar-refractivity contribution >= 4 is 49.9 Å². The SMILES string of the molecule is COc1ccc2cc(C)nc(N3CCN(CCCSc4nc5sc6c(c5c(=O)n4N)CCCC6)CC3)c2c1. The van der Waals surface area contributed by atoms with E-state index in [9.17, 15) is 4.79 Å². The Morgan fingerprint density at radius 1 is 1.11 bits per heavy atom. The lowest BCUT2D eigenvalue weighted by atomic mass is 9.97. The first kappa shape index (κ1) is 25.5. The van der Waals surface area contributed by atoms with E-state index in [0.717, 1.165) is 97.0 Å². The number of nitrogen functional groups attached to an aromatic ring is 1. The largest absolute Gasteiger partial charge is 0.497 e. The maximum Gasteiger partial charge on any atom is 0.281 e. The number of hydrogen-bond acceptors (Lipinski definition) is 9. The van der Waals surface area contributed by atoms with Crippen LogP contribution in [-0.2, 0) is 12.8 Å². The van der Waals surface area contributed by atoms with Crippen molar-refractivity contribution < 1.29 is 4.74 Å². The molecule has 0 radical (unpaired) electrons. The van der Waals surface area contributed by atoms with Gasteiger partial charge in [0.05, 0.1) is 12.5 Å². The second-order valence-corrected chi connectivity index (χ2v) is 12.3. The Bertz CT molecular complexity index is 1540. The molecule has 1 aliphatic carbocycles. The maximum absolute atomic E-state index is 13.0. The average molecular weight is 551 g/mol. The number of aryl methyl sites for hydroxylation is 3. The molecule has 4 heterocycles. The van der Waals surface area contributed by atoms with Crippen LogP contribution in [0.25, 0.3) is 21.0 Å². The average Bonchev–Trinajstić information content (AvgIpc) is 3.31. The normalized spacial score (nSPS) is 16.3. The van der Waals surface area contributed by atoms with E-state index in [1.165, 1.54) is 26.9 Å². The van der Waals surface area contributed by atoms with Crippen molar-refractivity contribution in [2.45, 2.75) is 44.2 Å². The van der Waals surface area contributed by atoms with Crippen LogP contribution in [0.2, 0.25) is 0 Å². The predicted octanol–water partition coefficient (Wildman–Crippen LogP) is 4.22. The predicted molar refractivity (Wildman–Crippen MR) is 158 cm³/mol. The molecular formula is C28H34N6O2S2. The number of hydrogen-bond donors (Lipinski definition) is 1.